The zero-order valence-electron chi connectivity index (χ0n) is 29.7. The molecule has 0 aliphatic carbocycles. The van der Waals surface area contributed by atoms with Gasteiger partial charge in [0.05, 0.1) is 11.0 Å². The van der Waals surface area contributed by atoms with Crippen molar-refractivity contribution >= 4 is 49.6 Å². The molecule has 0 saturated heterocycles. The third-order valence-corrected chi connectivity index (χ3v) is 10.6. The van der Waals surface area contributed by atoms with Crippen molar-refractivity contribution in [2.75, 3.05) is 4.90 Å². The van der Waals surface area contributed by atoms with Crippen LogP contribution < -0.4 is 4.90 Å². The number of para-hydroxylation sites is 2. The molecule has 2 nitrogen and oxygen atoms in total. The van der Waals surface area contributed by atoms with Crippen LogP contribution in [0.1, 0.15) is 0 Å². The molecule has 0 unspecified atom stereocenters. The largest absolute Gasteiger partial charge is 0.310 e. The Morgan fingerprint density at radius 3 is 1.67 bits per heavy atom. The smallest absolute Gasteiger partial charge is 0.0547 e. The number of hydrogen-bond donors (Lipinski definition) is 0. The Balaban J connectivity index is 1.05. The molecule has 0 saturated carbocycles. The van der Waals surface area contributed by atoms with E-state index in [1.807, 2.05) is 0 Å². The summed E-state index contributed by atoms with van der Waals surface area (Å²) in [5.41, 5.74) is 14.1. The van der Waals surface area contributed by atoms with Crippen LogP contribution in [0.15, 0.2) is 218 Å². The summed E-state index contributed by atoms with van der Waals surface area (Å²) in [6.45, 7) is 0. The first-order chi connectivity index (χ1) is 26.8. The summed E-state index contributed by atoms with van der Waals surface area (Å²) in [6.07, 6.45) is 0. The van der Waals surface area contributed by atoms with Gasteiger partial charge < -0.3 is 9.47 Å². The van der Waals surface area contributed by atoms with Crippen LogP contribution in [0.5, 0.6) is 0 Å². The highest BCUT2D eigenvalue weighted by Gasteiger charge is 2.18. The van der Waals surface area contributed by atoms with Gasteiger partial charge in [-0.15, -0.1) is 0 Å². The lowest BCUT2D eigenvalue weighted by Gasteiger charge is -2.26. The Hall–Kier alpha value is -7.16. The molecule has 0 atom stereocenters. The first-order valence-corrected chi connectivity index (χ1v) is 18.5. The van der Waals surface area contributed by atoms with Gasteiger partial charge in [0.2, 0.25) is 0 Å². The first-order valence-electron chi connectivity index (χ1n) is 18.5. The molecule has 0 radical (unpaired) electrons. The highest BCUT2D eigenvalue weighted by Crippen LogP contribution is 2.41. The second kappa shape index (κ2) is 13.4. The molecule has 254 valence electrons. The number of rotatable bonds is 7. The quantitative estimate of drug-likeness (QED) is 0.162. The summed E-state index contributed by atoms with van der Waals surface area (Å²) in [7, 11) is 0. The molecule has 9 aromatic carbocycles. The van der Waals surface area contributed by atoms with Gasteiger partial charge in [0, 0.05) is 33.5 Å². The van der Waals surface area contributed by atoms with Crippen molar-refractivity contribution in [1.29, 1.82) is 0 Å². The Labute approximate surface area is 315 Å². The topological polar surface area (TPSA) is 8.17 Å². The van der Waals surface area contributed by atoms with Crippen molar-refractivity contribution in [3.8, 4) is 39.1 Å². The van der Waals surface area contributed by atoms with Crippen molar-refractivity contribution in [1.82, 2.24) is 4.57 Å². The summed E-state index contributed by atoms with van der Waals surface area (Å²) in [5.74, 6) is 0. The predicted molar refractivity (Wildman–Crippen MR) is 229 cm³/mol. The van der Waals surface area contributed by atoms with Crippen LogP contribution in [0, 0.1) is 0 Å². The fraction of sp³-hybridized carbons (Fsp3) is 0. The van der Waals surface area contributed by atoms with Crippen molar-refractivity contribution < 1.29 is 0 Å². The Bertz CT molecular complexity index is 2910. The number of hydrogen-bond acceptors (Lipinski definition) is 1. The molecule has 0 amide bonds. The van der Waals surface area contributed by atoms with E-state index >= 15 is 0 Å². The molecule has 0 bridgehead atoms. The molecular weight excluding hydrogens is 653 g/mol. The highest BCUT2D eigenvalue weighted by atomic mass is 15.1. The lowest BCUT2D eigenvalue weighted by molar-refractivity contribution is 1.19. The fourth-order valence-corrected chi connectivity index (χ4v) is 7.98. The van der Waals surface area contributed by atoms with Crippen LogP contribution in [0.25, 0.3) is 71.6 Å². The highest BCUT2D eigenvalue weighted by molar-refractivity contribution is 6.16. The van der Waals surface area contributed by atoms with Gasteiger partial charge in [0.25, 0.3) is 0 Å². The zero-order valence-corrected chi connectivity index (χ0v) is 29.7. The van der Waals surface area contributed by atoms with Gasteiger partial charge in [-0.3, -0.25) is 0 Å². The summed E-state index contributed by atoms with van der Waals surface area (Å²) in [6, 6.07) is 78.8. The summed E-state index contributed by atoms with van der Waals surface area (Å²) >= 11 is 0. The van der Waals surface area contributed by atoms with Gasteiger partial charge >= 0.3 is 0 Å². The summed E-state index contributed by atoms with van der Waals surface area (Å²) in [5, 5.41) is 5.00. The maximum Gasteiger partial charge on any atom is 0.0547 e. The van der Waals surface area contributed by atoms with E-state index < -0.39 is 0 Å². The molecule has 10 rings (SSSR count). The minimum atomic E-state index is 1.10. The minimum Gasteiger partial charge on any atom is -0.310 e. The van der Waals surface area contributed by atoms with Crippen LogP contribution in [0.4, 0.5) is 17.1 Å². The average Bonchev–Trinajstić information content (AvgIpc) is 3.59. The maximum atomic E-state index is 2.41. The van der Waals surface area contributed by atoms with Crippen molar-refractivity contribution in [2.24, 2.45) is 0 Å². The van der Waals surface area contributed by atoms with Gasteiger partial charge in [0.15, 0.2) is 0 Å². The molecular formula is C52H36N2. The molecule has 0 aliphatic rings. The normalized spacial score (nSPS) is 11.3. The van der Waals surface area contributed by atoms with Crippen LogP contribution >= 0.6 is 0 Å². The molecule has 10 aromatic rings. The van der Waals surface area contributed by atoms with Gasteiger partial charge in [-0.2, -0.15) is 0 Å². The second-order valence-corrected chi connectivity index (χ2v) is 13.8. The van der Waals surface area contributed by atoms with Crippen LogP contribution in [-0.2, 0) is 0 Å². The van der Waals surface area contributed by atoms with E-state index in [-0.39, 0.29) is 0 Å². The maximum absolute atomic E-state index is 2.41. The number of anilines is 3. The molecule has 0 spiro atoms. The minimum absolute atomic E-state index is 1.10. The van der Waals surface area contributed by atoms with E-state index in [1.165, 1.54) is 71.6 Å². The average molecular weight is 689 g/mol. The predicted octanol–water partition coefficient (Wildman–Crippen LogP) is 14.4. The summed E-state index contributed by atoms with van der Waals surface area (Å²) in [4.78, 5) is 2.35. The number of benzene rings is 9. The molecule has 0 aliphatic heterocycles. The molecule has 0 N–H and O–H groups in total. The van der Waals surface area contributed by atoms with E-state index in [1.54, 1.807) is 0 Å². The van der Waals surface area contributed by atoms with Crippen LogP contribution in [0.3, 0.4) is 0 Å². The van der Waals surface area contributed by atoms with Crippen LogP contribution in [-0.4, -0.2) is 4.57 Å². The van der Waals surface area contributed by atoms with Gasteiger partial charge in [-0.25, -0.2) is 0 Å². The Morgan fingerprint density at radius 2 is 0.870 bits per heavy atom. The number of nitrogens with zero attached hydrogens (tertiary/aromatic N) is 2. The van der Waals surface area contributed by atoms with E-state index in [9.17, 15) is 0 Å². The molecule has 1 aromatic heterocycles. The standard InChI is InChI=1S/C52H36N2/c1-3-13-37(14-4-1)39-25-27-40(28-26-39)43-17-11-20-46(35-43)53(44-18-5-2-6-19-44)45-32-30-41(31-33-45)48-22-12-24-51-52(48)49-21-9-10-23-50(49)54(51)47-34-29-38-15-7-8-16-42(38)36-47/h1-36H. The Kier molecular flexibility index (Phi) is 7.85. The van der Waals surface area contributed by atoms with Crippen molar-refractivity contribution in [2.45, 2.75) is 0 Å². The van der Waals surface area contributed by atoms with Gasteiger partial charge in [-0.05, 0) is 105 Å². The van der Waals surface area contributed by atoms with Gasteiger partial charge in [0.1, 0.15) is 0 Å². The molecule has 0 fully saturated rings. The first kappa shape index (κ1) is 31.6. The number of fused-ring (bicyclic) bond motifs is 4. The van der Waals surface area contributed by atoms with Crippen LogP contribution in [0.2, 0.25) is 0 Å². The monoisotopic (exact) mass is 688 g/mol. The van der Waals surface area contributed by atoms with Crippen molar-refractivity contribution in [3.05, 3.63) is 218 Å². The van der Waals surface area contributed by atoms with Gasteiger partial charge in [-0.1, -0.05) is 158 Å². The van der Waals surface area contributed by atoms with E-state index in [2.05, 4.69) is 228 Å². The zero-order chi connectivity index (χ0) is 35.8. The van der Waals surface area contributed by atoms with E-state index in [4.69, 9.17) is 0 Å². The third-order valence-electron chi connectivity index (χ3n) is 10.6. The third kappa shape index (κ3) is 5.62. The second-order valence-electron chi connectivity index (χ2n) is 13.8. The lowest BCUT2D eigenvalue weighted by Crippen LogP contribution is -2.09. The molecule has 2 heteroatoms. The summed E-state index contributed by atoms with van der Waals surface area (Å²) < 4.78 is 2.41. The fourth-order valence-electron chi connectivity index (χ4n) is 7.98. The molecule has 1 heterocycles. The SMILES string of the molecule is c1ccc(-c2ccc(-c3cccc(N(c4ccccc4)c4ccc(-c5cccc6c5c5ccccc5n6-c5ccc6ccccc6c5)cc4)c3)cc2)cc1. The Morgan fingerprint density at radius 1 is 0.315 bits per heavy atom. The van der Waals surface area contributed by atoms with E-state index in [0.29, 0.717) is 0 Å². The lowest BCUT2D eigenvalue weighted by atomic mass is 9.98. The number of aromatic nitrogens is 1. The van der Waals surface area contributed by atoms with Crippen molar-refractivity contribution in [3.63, 3.8) is 0 Å². The van der Waals surface area contributed by atoms with E-state index in [0.717, 1.165) is 17.1 Å². The molecule has 54 heavy (non-hydrogen) atoms.